The first-order chi connectivity index (χ1) is 8.21. The van der Waals surface area contributed by atoms with Crippen LogP contribution in [0.25, 0.3) is 0 Å². The highest BCUT2D eigenvalue weighted by Gasteiger charge is 2.29. The Hall–Kier alpha value is -1.73. The first-order valence-corrected chi connectivity index (χ1v) is 5.68. The largest absolute Gasteiger partial charge is 0.493 e. The second-order valence-electron chi connectivity index (χ2n) is 4.31. The van der Waals surface area contributed by atoms with Crippen LogP contribution in [0.15, 0.2) is 12.1 Å². The van der Waals surface area contributed by atoms with Gasteiger partial charge in [0.2, 0.25) is 6.04 Å². The number of methoxy groups -OCH3 is 2. The molecule has 1 aliphatic rings. The lowest BCUT2D eigenvalue weighted by atomic mass is 9.93. The molecule has 0 spiro atoms. The molecule has 0 saturated carbocycles. The summed E-state index contributed by atoms with van der Waals surface area (Å²) in [6.45, 7) is 0.973. The topological polar surface area (TPSA) is 46.7 Å². The Labute approximate surface area is 101 Å². The minimum atomic E-state index is -0.112. The van der Waals surface area contributed by atoms with Gasteiger partial charge in [-0.15, -0.1) is 0 Å². The van der Waals surface area contributed by atoms with Crippen molar-refractivity contribution >= 4 is 0 Å². The molecule has 4 heteroatoms. The van der Waals surface area contributed by atoms with Crippen LogP contribution in [0.1, 0.15) is 17.2 Å². The third kappa shape index (κ3) is 1.94. The fraction of sp³-hybridized carbons (Fsp3) is 0.462. The van der Waals surface area contributed by atoms with Crippen LogP contribution in [0.3, 0.4) is 0 Å². The van der Waals surface area contributed by atoms with Crippen molar-refractivity contribution in [2.45, 2.75) is 12.5 Å². The van der Waals surface area contributed by atoms with Crippen molar-refractivity contribution in [2.24, 2.45) is 0 Å². The normalized spacial score (nSPS) is 22.5. The van der Waals surface area contributed by atoms with Gasteiger partial charge in [0.05, 0.1) is 27.8 Å². The van der Waals surface area contributed by atoms with E-state index in [1.54, 1.807) is 14.2 Å². The van der Waals surface area contributed by atoms with Gasteiger partial charge in [-0.3, -0.25) is 0 Å². The third-order valence-corrected chi connectivity index (χ3v) is 3.37. The maximum absolute atomic E-state index is 9.26. The van der Waals surface area contributed by atoms with E-state index in [0.29, 0.717) is 5.75 Å². The summed E-state index contributed by atoms with van der Waals surface area (Å²) >= 11 is 0. The summed E-state index contributed by atoms with van der Waals surface area (Å²) < 4.78 is 10.6. The summed E-state index contributed by atoms with van der Waals surface area (Å²) in [7, 11) is 5.30. The smallest absolute Gasteiger partial charge is 0.200 e. The van der Waals surface area contributed by atoms with Crippen LogP contribution in [0.2, 0.25) is 0 Å². The second-order valence-corrected chi connectivity index (χ2v) is 4.31. The van der Waals surface area contributed by atoms with Crippen molar-refractivity contribution in [1.29, 1.82) is 5.26 Å². The average Bonchev–Trinajstić information content (AvgIpc) is 2.37. The summed E-state index contributed by atoms with van der Waals surface area (Å²) in [5, 5.41) is 9.26. The number of ether oxygens (including phenoxy) is 2. The summed E-state index contributed by atoms with van der Waals surface area (Å²) in [6, 6.07) is 6.18. The second kappa shape index (κ2) is 4.64. The molecule has 4 nitrogen and oxygen atoms in total. The number of nitriles is 1. The number of benzene rings is 1. The van der Waals surface area contributed by atoms with Crippen molar-refractivity contribution in [3.8, 4) is 17.6 Å². The number of quaternary nitrogens is 1. The number of nitrogens with zero attached hydrogens (tertiary/aromatic N) is 1. The first kappa shape index (κ1) is 11.7. The molecule has 0 amide bonds. The molecule has 0 fully saturated rings. The molecule has 1 N–H and O–H groups in total. The highest BCUT2D eigenvalue weighted by atomic mass is 16.5. The van der Waals surface area contributed by atoms with E-state index in [0.717, 1.165) is 24.3 Å². The molecule has 0 saturated heterocycles. The van der Waals surface area contributed by atoms with Gasteiger partial charge in [-0.05, 0) is 17.7 Å². The molecule has 0 aromatic heterocycles. The van der Waals surface area contributed by atoms with Gasteiger partial charge in [-0.2, -0.15) is 5.26 Å². The van der Waals surface area contributed by atoms with Gasteiger partial charge in [0.15, 0.2) is 11.5 Å². The summed E-state index contributed by atoms with van der Waals surface area (Å²) in [4.78, 5) is 1.23. The SMILES string of the molecule is COc1cc2c(cc1OC)[C@@H](C#N)[NH+](C)CC2. The van der Waals surface area contributed by atoms with E-state index in [1.807, 2.05) is 19.2 Å². The molecular weight excluding hydrogens is 216 g/mol. The monoisotopic (exact) mass is 233 g/mol. The Bertz CT molecular complexity index is 465. The Morgan fingerprint density at radius 2 is 1.94 bits per heavy atom. The van der Waals surface area contributed by atoms with Crippen LogP contribution >= 0.6 is 0 Å². The highest BCUT2D eigenvalue weighted by molar-refractivity contribution is 5.49. The number of hydrogen-bond donors (Lipinski definition) is 1. The van der Waals surface area contributed by atoms with Gasteiger partial charge in [-0.25, -0.2) is 0 Å². The summed E-state index contributed by atoms with van der Waals surface area (Å²) in [5.74, 6) is 1.43. The third-order valence-electron chi connectivity index (χ3n) is 3.37. The minimum Gasteiger partial charge on any atom is -0.493 e. The van der Waals surface area contributed by atoms with Crippen LogP contribution < -0.4 is 14.4 Å². The van der Waals surface area contributed by atoms with Crippen molar-refractivity contribution in [2.75, 3.05) is 27.8 Å². The lowest BCUT2D eigenvalue weighted by Crippen LogP contribution is -3.10. The standard InChI is InChI=1S/C13H16N2O2/c1-15-5-4-9-6-12(16-2)13(17-3)7-10(9)11(15)8-14/h6-7,11H,4-5H2,1-3H3/p+1/t11-/m1/s1. The number of nitrogens with one attached hydrogen (secondary N) is 1. The molecule has 2 atom stereocenters. The lowest BCUT2D eigenvalue weighted by molar-refractivity contribution is -0.905. The molecule has 90 valence electrons. The van der Waals surface area contributed by atoms with Crippen LogP contribution in [0.4, 0.5) is 0 Å². The van der Waals surface area contributed by atoms with Crippen LogP contribution in [0.5, 0.6) is 11.5 Å². The molecule has 0 bridgehead atoms. The average molecular weight is 233 g/mol. The Morgan fingerprint density at radius 3 is 2.53 bits per heavy atom. The van der Waals surface area contributed by atoms with E-state index >= 15 is 0 Å². The predicted molar refractivity (Wildman–Crippen MR) is 63.4 cm³/mol. The van der Waals surface area contributed by atoms with E-state index < -0.39 is 0 Å². The fourth-order valence-electron chi connectivity index (χ4n) is 2.34. The Kier molecular flexibility index (Phi) is 3.21. The Morgan fingerprint density at radius 1 is 1.29 bits per heavy atom. The van der Waals surface area contributed by atoms with E-state index in [4.69, 9.17) is 9.47 Å². The molecule has 0 radical (unpaired) electrons. The molecule has 1 unspecified atom stereocenters. The predicted octanol–water partition coefficient (Wildman–Crippen LogP) is 0.339. The zero-order valence-corrected chi connectivity index (χ0v) is 10.4. The first-order valence-electron chi connectivity index (χ1n) is 5.68. The maximum atomic E-state index is 9.26. The van der Waals surface area contributed by atoms with Crippen molar-refractivity contribution in [1.82, 2.24) is 0 Å². The zero-order valence-electron chi connectivity index (χ0n) is 10.4. The van der Waals surface area contributed by atoms with E-state index in [1.165, 1.54) is 10.5 Å². The molecule has 0 aliphatic carbocycles. The van der Waals surface area contributed by atoms with Gasteiger partial charge >= 0.3 is 0 Å². The van der Waals surface area contributed by atoms with E-state index in [2.05, 4.69) is 6.07 Å². The summed E-state index contributed by atoms with van der Waals surface area (Å²) in [5.41, 5.74) is 2.26. The van der Waals surface area contributed by atoms with Gasteiger partial charge < -0.3 is 14.4 Å². The quantitative estimate of drug-likeness (QED) is 0.801. The van der Waals surface area contributed by atoms with Crippen LogP contribution in [0, 0.1) is 11.3 Å². The molecule has 2 rings (SSSR count). The maximum Gasteiger partial charge on any atom is 0.200 e. The van der Waals surface area contributed by atoms with Gasteiger partial charge in [0.25, 0.3) is 0 Å². The highest BCUT2D eigenvalue weighted by Crippen LogP contribution is 2.33. The Balaban J connectivity index is 2.53. The van der Waals surface area contributed by atoms with E-state index in [9.17, 15) is 5.26 Å². The van der Waals surface area contributed by atoms with Gasteiger partial charge in [-0.1, -0.05) is 0 Å². The fourth-order valence-corrected chi connectivity index (χ4v) is 2.34. The lowest BCUT2D eigenvalue weighted by Gasteiger charge is -2.27. The molecule has 1 heterocycles. The van der Waals surface area contributed by atoms with Crippen LogP contribution in [-0.4, -0.2) is 27.8 Å². The molecule has 1 aliphatic heterocycles. The number of rotatable bonds is 2. The number of likely N-dealkylation sites (N-methyl/N-ethyl adjacent to an activating group) is 1. The van der Waals surface area contributed by atoms with Gasteiger partial charge in [0, 0.05) is 12.0 Å². The molecule has 1 aromatic carbocycles. The van der Waals surface area contributed by atoms with Crippen molar-refractivity contribution in [3.63, 3.8) is 0 Å². The number of hydrogen-bond acceptors (Lipinski definition) is 3. The summed E-state index contributed by atoms with van der Waals surface area (Å²) in [6.07, 6.45) is 0.972. The zero-order chi connectivity index (χ0) is 12.4. The van der Waals surface area contributed by atoms with Crippen molar-refractivity contribution in [3.05, 3.63) is 23.3 Å². The van der Waals surface area contributed by atoms with Gasteiger partial charge in [0.1, 0.15) is 6.07 Å². The van der Waals surface area contributed by atoms with E-state index in [-0.39, 0.29) is 6.04 Å². The van der Waals surface area contributed by atoms with Crippen molar-refractivity contribution < 1.29 is 14.4 Å². The molecular formula is C13H17N2O2+. The molecule has 17 heavy (non-hydrogen) atoms. The van der Waals surface area contributed by atoms with Crippen LogP contribution in [-0.2, 0) is 6.42 Å². The number of fused-ring (bicyclic) bond motifs is 1. The minimum absolute atomic E-state index is 0.112. The molecule has 1 aromatic rings.